The third kappa shape index (κ3) is 4.38. The molecule has 3 rings (SSSR count). The second-order valence-electron chi connectivity index (χ2n) is 6.39. The smallest absolute Gasteiger partial charge is 0.319 e. The molecule has 2 aromatic rings. The van der Waals surface area contributed by atoms with Crippen molar-refractivity contribution in [2.75, 3.05) is 18.4 Å². The number of hydrogen-bond acceptors (Lipinski definition) is 3. The van der Waals surface area contributed by atoms with E-state index < -0.39 is 0 Å². The normalized spacial score (nSPS) is 16.2. The Bertz CT molecular complexity index is 739. The molecule has 8 heteroatoms. The average Bonchev–Trinajstić information content (AvgIpc) is 3.18. The fourth-order valence-corrected chi connectivity index (χ4v) is 3.02. The minimum atomic E-state index is -0.349. The van der Waals surface area contributed by atoms with Crippen molar-refractivity contribution in [1.29, 1.82) is 0 Å². The summed E-state index contributed by atoms with van der Waals surface area (Å²) in [5, 5.41) is 5.58. The van der Waals surface area contributed by atoms with Crippen molar-refractivity contribution in [3.05, 3.63) is 48.8 Å². The van der Waals surface area contributed by atoms with E-state index in [1.54, 1.807) is 23.3 Å². The van der Waals surface area contributed by atoms with Crippen LogP contribution in [-0.2, 0) is 4.79 Å². The van der Waals surface area contributed by atoms with Crippen LogP contribution < -0.4 is 10.6 Å². The van der Waals surface area contributed by atoms with Crippen molar-refractivity contribution in [2.24, 2.45) is 0 Å². The van der Waals surface area contributed by atoms with E-state index >= 15 is 0 Å². The summed E-state index contributed by atoms with van der Waals surface area (Å²) in [7, 11) is 0. The maximum atomic E-state index is 12.9. The van der Waals surface area contributed by atoms with Crippen LogP contribution >= 0.6 is 0 Å². The Kier molecular flexibility index (Phi) is 5.50. The minimum Gasteiger partial charge on any atom is -0.341 e. The molecule has 1 saturated heterocycles. The maximum absolute atomic E-state index is 12.9. The largest absolute Gasteiger partial charge is 0.341 e. The molecule has 1 aromatic heterocycles. The zero-order chi connectivity index (χ0) is 18.5. The molecule has 0 unspecified atom stereocenters. The van der Waals surface area contributed by atoms with Gasteiger partial charge in [0.1, 0.15) is 11.9 Å². The number of nitrogens with one attached hydrogen (secondary N) is 2. The van der Waals surface area contributed by atoms with Gasteiger partial charge >= 0.3 is 6.03 Å². The topological polar surface area (TPSA) is 79.3 Å². The number of imidazole rings is 1. The fraction of sp³-hybridized carbons (Fsp3) is 0.389. The van der Waals surface area contributed by atoms with Gasteiger partial charge in [-0.3, -0.25) is 4.79 Å². The van der Waals surface area contributed by atoms with E-state index in [1.807, 2.05) is 11.8 Å². The van der Waals surface area contributed by atoms with Crippen molar-refractivity contribution in [3.63, 3.8) is 0 Å². The molecule has 0 aliphatic carbocycles. The van der Waals surface area contributed by atoms with E-state index in [1.165, 1.54) is 24.3 Å². The van der Waals surface area contributed by atoms with Gasteiger partial charge in [-0.05, 0) is 44.0 Å². The number of piperidine rings is 1. The standard InChI is InChI=1S/C18H22FN5O2/c1-13(24-11-8-20-12-24)17(25)23-9-6-16(7-10-23)22-18(26)21-15-4-2-14(19)3-5-15/h2-5,8,11-13,16H,6-7,9-10H2,1H3,(H2,21,22,26)/t13-/m1/s1. The lowest BCUT2D eigenvalue weighted by Gasteiger charge is -2.34. The van der Waals surface area contributed by atoms with Gasteiger partial charge in [0.05, 0.1) is 6.33 Å². The van der Waals surface area contributed by atoms with Crippen molar-refractivity contribution in [2.45, 2.75) is 31.8 Å². The molecule has 1 aliphatic heterocycles. The summed E-state index contributed by atoms with van der Waals surface area (Å²) < 4.78 is 14.7. The number of amides is 3. The molecule has 0 saturated carbocycles. The summed E-state index contributed by atoms with van der Waals surface area (Å²) in [5.41, 5.74) is 0.533. The summed E-state index contributed by atoms with van der Waals surface area (Å²) in [6, 6.07) is 4.99. The molecule has 0 spiro atoms. The number of rotatable bonds is 4. The van der Waals surface area contributed by atoms with E-state index in [0.29, 0.717) is 31.6 Å². The summed E-state index contributed by atoms with van der Waals surface area (Å²) in [6.45, 7) is 3.04. The van der Waals surface area contributed by atoms with E-state index in [2.05, 4.69) is 15.6 Å². The number of benzene rings is 1. The minimum absolute atomic E-state index is 0.00282. The average molecular weight is 359 g/mol. The highest BCUT2D eigenvalue weighted by Crippen LogP contribution is 2.16. The third-order valence-electron chi connectivity index (χ3n) is 4.57. The van der Waals surface area contributed by atoms with Crippen molar-refractivity contribution in [1.82, 2.24) is 19.8 Å². The Hall–Kier alpha value is -2.90. The zero-order valence-corrected chi connectivity index (χ0v) is 14.6. The highest BCUT2D eigenvalue weighted by Gasteiger charge is 2.27. The van der Waals surface area contributed by atoms with Gasteiger partial charge < -0.3 is 20.1 Å². The zero-order valence-electron chi connectivity index (χ0n) is 14.6. The van der Waals surface area contributed by atoms with Crippen LogP contribution in [-0.4, -0.2) is 45.5 Å². The van der Waals surface area contributed by atoms with Crippen molar-refractivity contribution < 1.29 is 14.0 Å². The molecule has 0 bridgehead atoms. The molecule has 2 N–H and O–H groups in total. The molecular formula is C18H22FN5O2. The Balaban J connectivity index is 1.45. The van der Waals surface area contributed by atoms with Crippen molar-refractivity contribution >= 4 is 17.6 Å². The predicted molar refractivity (Wildman–Crippen MR) is 95.1 cm³/mol. The van der Waals surface area contributed by atoms with Gasteiger partial charge in [0.15, 0.2) is 0 Å². The highest BCUT2D eigenvalue weighted by atomic mass is 19.1. The molecule has 2 heterocycles. The van der Waals surface area contributed by atoms with Gasteiger partial charge in [-0.15, -0.1) is 0 Å². The lowest BCUT2D eigenvalue weighted by Crippen LogP contribution is -2.48. The van der Waals surface area contributed by atoms with Gasteiger partial charge in [-0.25, -0.2) is 14.2 Å². The van der Waals surface area contributed by atoms with Gasteiger partial charge in [0, 0.05) is 37.2 Å². The number of carbonyl (C=O) groups excluding carboxylic acids is 2. The second kappa shape index (κ2) is 7.99. The van der Waals surface area contributed by atoms with Crippen molar-refractivity contribution in [3.8, 4) is 0 Å². The molecule has 26 heavy (non-hydrogen) atoms. The lowest BCUT2D eigenvalue weighted by molar-refractivity contribution is -0.135. The number of halogens is 1. The fourth-order valence-electron chi connectivity index (χ4n) is 3.02. The van der Waals surface area contributed by atoms with Crippen LogP contribution in [0.15, 0.2) is 43.0 Å². The van der Waals surface area contributed by atoms with E-state index in [9.17, 15) is 14.0 Å². The van der Waals surface area contributed by atoms with Crippen LogP contribution in [0.5, 0.6) is 0 Å². The van der Waals surface area contributed by atoms with Gasteiger partial charge in [-0.1, -0.05) is 0 Å². The van der Waals surface area contributed by atoms with E-state index in [4.69, 9.17) is 0 Å². The first-order chi connectivity index (χ1) is 12.5. The summed E-state index contributed by atoms with van der Waals surface area (Å²) >= 11 is 0. The molecule has 7 nitrogen and oxygen atoms in total. The molecular weight excluding hydrogens is 337 g/mol. The van der Waals surface area contributed by atoms with Crippen LogP contribution in [0.25, 0.3) is 0 Å². The van der Waals surface area contributed by atoms with E-state index in [-0.39, 0.29) is 29.8 Å². The Morgan fingerprint density at radius 1 is 1.23 bits per heavy atom. The number of hydrogen-bond donors (Lipinski definition) is 2. The Labute approximate surface area is 151 Å². The van der Waals surface area contributed by atoms with Gasteiger partial charge in [0.25, 0.3) is 0 Å². The molecule has 0 radical (unpaired) electrons. The number of likely N-dealkylation sites (tertiary alicyclic amines) is 1. The highest BCUT2D eigenvalue weighted by molar-refractivity contribution is 5.89. The monoisotopic (exact) mass is 359 g/mol. The molecule has 1 fully saturated rings. The van der Waals surface area contributed by atoms with Crippen LogP contribution in [0.2, 0.25) is 0 Å². The van der Waals surface area contributed by atoms with Crippen LogP contribution in [0, 0.1) is 5.82 Å². The SMILES string of the molecule is C[C@H](C(=O)N1CCC(NC(=O)Nc2ccc(F)cc2)CC1)n1ccnc1. The summed E-state index contributed by atoms with van der Waals surface area (Å²) in [5.74, 6) is -0.296. The number of urea groups is 1. The first kappa shape index (κ1) is 17.9. The second-order valence-corrected chi connectivity index (χ2v) is 6.39. The van der Waals surface area contributed by atoms with Gasteiger partial charge in [0.2, 0.25) is 5.91 Å². The van der Waals surface area contributed by atoms with Crippen LogP contribution in [0.4, 0.5) is 14.9 Å². The molecule has 1 aliphatic rings. The number of anilines is 1. The molecule has 1 atom stereocenters. The Morgan fingerprint density at radius 3 is 2.54 bits per heavy atom. The number of aromatic nitrogens is 2. The summed E-state index contributed by atoms with van der Waals surface area (Å²) in [4.78, 5) is 30.4. The molecule has 1 aromatic carbocycles. The first-order valence-corrected chi connectivity index (χ1v) is 8.62. The lowest BCUT2D eigenvalue weighted by atomic mass is 10.0. The molecule has 138 valence electrons. The van der Waals surface area contributed by atoms with Crippen LogP contribution in [0.1, 0.15) is 25.8 Å². The van der Waals surface area contributed by atoms with Crippen LogP contribution in [0.3, 0.4) is 0 Å². The maximum Gasteiger partial charge on any atom is 0.319 e. The summed E-state index contributed by atoms with van der Waals surface area (Å²) in [6.07, 6.45) is 6.45. The third-order valence-corrected chi connectivity index (χ3v) is 4.57. The first-order valence-electron chi connectivity index (χ1n) is 8.62. The quantitative estimate of drug-likeness (QED) is 0.880. The molecule has 3 amide bonds. The van der Waals surface area contributed by atoms with E-state index in [0.717, 1.165) is 0 Å². The number of nitrogens with zero attached hydrogens (tertiary/aromatic N) is 3. The number of carbonyl (C=O) groups is 2. The van der Waals surface area contributed by atoms with Gasteiger partial charge in [-0.2, -0.15) is 0 Å². The Morgan fingerprint density at radius 2 is 1.92 bits per heavy atom. The predicted octanol–water partition coefficient (Wildman–Crippen LogP) is 2.40.